The Labute approximate surface area is 210 Å². The fraction of sp³-hybridized carbons (Fsp3) is 0.409. The van der Waals surface area contributed by atoms with Crippen LogP contribution in [0.2, 0.25) is 5.02 Å². The van der Waals surface area contributed by atoms with E-state index in [-0.39, 0.29) is 30.0 Å². The lowest BCUT2D eigenvalue weighted by molar-refractivity contribution is -0.0430. The molecule has 0 bridgehead atoms. The first-order chi connectivity index (χ1) is 16.5. The predicted octanol–water partition coefficient (Wildman–Crippen LogP) is 4.77. The maximum atomic E-state index is 14.9. The Morgan fingerprint density at radius 3 is 2.69 bits per heavy atom. The van der Waals surface area contributed by atoms with Gasteiger partial charge in [-0.15, -0.1) is 10.2 Å². The van der Waals surface area contributed by atoms with Gasteiger partial charge in [-0.05, 0) is 33.8 Å². The van der Waals surface area contributed by atoms with Gasteiger partial charge in [-0.1, -0.05) is 22.9 Å². The summed E-state index contributed by atoms with van der Waals surface area (Å²) in [6, 6.07) is 2.18. The van der Waals surface area contributed by atoms with Crippen LogP contribution in [0.15, 0.2) is 24.5 Å². The van der Waals surface area contributed by atoms with Gasteiger partial charge >= 0.3 is 6.09 Å². The van der Waals surface area contributed by atoms with Crippen LogP contribution in [0, 0.1) is 5.82 Å². The van der Waals surface area contributed by atoms with Crippen LogP contribution < -0.4 is 10.1 Å². The van der Waals surface area contributed by atoms with Crippen molar-refractivity contribution in [2.75, 3.05) is 18.5 Å². The molecule has 1 saturated heterocycles. The van der Waals surface area contributed by atoms with Gasteiger partial charge in [-0.2, -0.15) is 0 Å². The van der Waals surface area contributed by atoms with E-state index in [1.165, 1.54) is 23.5 Å². The van der Waals surface area contributed by atoms with Gasteiger partial charge in [0.25, 0.3) is 0 Å². The number of anilines is 1. The average Bonchev–Trinajstić information content (AvgIpc) is 3.38. The molecule has 2 aromatic heterocycles. The molecule has 1 fully saturated rings. The highest BCUT2D eigenvalue weighted by Crippen LogP contribution is 2.37. The number of nitrogens with zero attached hydrogens (tertiary/aromatic N) is 5. The Bertz CT molecular complexity index is 1220. The maximum Gasteiger partial charge on any atom is 0.410 e. The standard InChI is InChI=1S/C22H24ClFN6O4S/c1-11(2)27-20-25-7-12(8-26-20)18-28-29-19(35-18)14-5-16(24)17(6-15(14)23)33-9-13-10-34-22(3,4)30(13)21(31)32/h5-8,11,13H,9-10H2,1-4H3,(H,31,32)(H,25,26,27). The highest BCUT2D eigenvalue weighted by Gasteiger charge is 2.44. The van der Waals surface area contributed by atoms with E-state index in [9.17, 15) is 14.3 Å². The maximum absolute atomic E-state index is 14.9. The SMILES string of the molecule is CC(C)Nc1ncc(-c2nnc(-c3cc(F)c(OCC4COC(C)(C)N4C(=O)O)cc3Cl)s2)cn1. The number of amides is 1. The van der Waals surface area contributed by atoms with Crippen LogP contribution in [0.3, 0.4) is 0 Å². The Morgan fingerprint density at radius 2 is 2.03 bits per heavy atom. The number of hydrogen-bond acceptors (Lipinski definition) is 9. The number of nitrogens with one attached hydrogen (secondary N) is 1. The van der Waals surface area contributed by atoms with Crippen molar-refractivity contribution in [3.63, 3.8) is 0 Å². The third kappa shape index (κ3) is 5.44. The third-order valence-electron chi connectivity index (χ3n) is 5.21. The van der Waals surface area contributed by atoms with E-state index in [2.05, 4.69) is 25.5 Å². The van der Waals surface area contributed by atoms with E-state index in [0.717, 1.165) is 4.90 Å². The fourth-order valence-corrected chi connectivity index (χ4v) is 4.75. The van der Waals surface area contributed by atoms with E-state index in [1.807, 2.05) is 13.8 Å². The molecule has 4 rings (SSSR count). The van der Waals surface area contributed by atoms with Gasteiger partial charge in [-0.3, -0.25) is 4.90 Å². The highest BCUT2D eigenvalue weighted by atomic mass is 35.5. The number of carbonyl (C=O) groups is 1. The first kappa shape index (κ1) is 25.0. The molecule has 1 aliphatic rings. The number of carboxylic acid groups (broad SMARTS) is 1. The quantitative estimate of drug-likeness (QED) is 0.451. The molecule has 1 amide bonds. The van der Waals surface area contributed by atoms with Crippen molar-refractivity contribution in [2.45, 2.75) is 45.5 Å². The number of aromatic nitrogens is 4. The second-order valence-electron chi connectivity index (χ2n) is 8.64. The highest BCUT2D eigenvalue weighted by molar-refractivity contribution is 7.18. The molecule has 0 spiro atoms. The van der Waals surface area contributed by atoms with Crippen molar-refractivity contribution in [2.24, 2.45) is 0 Å². The molecule has 3 heterocycles. The van der Waals surface area contributed by atoms with Gasteiger partial charge in [0.15, 0.2) is 16.6 Å². The van der Waals surface area contributed by atoms with Crippen LogP contribution in [-0.2, 0) is 4.74 Å². The smallest absolute Gasteiger partial charge is 0.410 e. The summed E-state index contributed by atoms with van der Waals surface area (Å²) in [6.45, 7) is 7.31. The molecule has 3 aromatic rings. The topological polar surface area (TPSA) is 123 Å². The van der Waals surface area contributed by atoms with Crippen LogP contribution >= 0.6 is 22.9 Å². The largest absolute Gasteiger partial charge is 0.488 e. The summed E-state index contributed by atoms with van der Waals surface area (Å²) in [6.07, 6.45) is 2.13. The fourth-order valence-electron chi connectivity index (χ4n) is 3.60. The van der Waals surface area contributed by atoms with Gasteiger partial charge in [0, 0.05) is 35.6 Å². The zero-order valence-electron chi connectivity index (χ0n) is 19.5. The molecule has 1 aliphatic heterocycles. The van der Waals surface area contributed by atoms with Crippen LogP contribution in [-0.4, -0.2) is 67.3 Å². The van der Waals surface area contributed by atoms with E-state index in [0.29, 0.717) is 27.1 Å². The van der Waals surface area contributed by atoms with E-state index in [4.69, 9.17) is 21.1 Å². The van der Waals surface area contributed by atoms with E-state index in [1.54, 1.807) is 26.2 Å². The summed E-state index contributed by atoms with van der Waals surface area (Å²) >= 11 is 7.63. The molecule has 186 valence electrons. The second-order valence-corrected chi connectivity index (χ2v) is 10.0. The van der Waals surface area contributed by atoms with Crippen LogP contribution in [0.25, 0.3) is 21.1 Å². The molecule has 1 atom stereocenters. The van der Waals surface area contributed by atoms with Gasteiger partial charge in [0.2, 0.25) is 5.95 Å². The molecule has 1 aromatic carbocycles. The molecule has 0 radical (unpaired) electrons. The minimum Gasteiger partial charge on any atom is -0.488 e. The molecule has 1 unspecified atom stereocenters. The van der Waals surface area contributed by atoms with E-state index >= 15 is 0 Å². The number of ether oxygens (including phenoxy) is 2. The molecular weight excluding hydrogens is 499 g/mol. The van der Waals surface area contributed by atoms with Crippen molar-refractivity contribution in [1.29, 1.82) is 0 Å². The van der Waals surface area contributed by atoms with Crippen LogP contribution in [0.4, 0.5) is 15.1 Å². The number of rotatable bonds is 7. The summed E-state index contributed by atoms with van der Waals surface area (Å²) in [4.78, 5) is 21.3. The lowest BCUT2D eigenvalue weighted by Crippen LogP contribution is -2.49. The Morgan fingerprint density at radius 1 is 1.34 bits per heavy atom. The summed E-state index contributed by atoms with van der Waals surface area (Å²) in [7, 11) is 0. The summed E-state index contributed by atoms with van der Waals surface area (Å²) in [5.74, 6) is -0.248. The van der Waals surface area contributed by atoms with Crippen molar-refractivity contribution < 1.29 is 23.8 Å². The minimum atomic E-state index is -1.14. The first-order valence-electron chi connectivity index (χ1n) is 10.8. The normalized spacial score (nSPS) is 17.1. The molecular formula is C22H24ClFN6O4S. The predicted molar refractivity (Wildman–Crippen MR) is 129 cm³/mol. The van der Waals surface area contributed by atoms with Gasteiger partial charge in [-0.25, -0.2) is 19.2 Å². The Balaban J connectivity index is 1.49. The van der Waals surface area contributed by atoms with Crippen molar-refractivity contribution in [3.05, 3.63) is 35.4 Å². The molecule has 13 heteroatoms. The van der Waals surface area contributed by atoms with Crippen LogP contribution in [0.1, 0.15) is 27.7 Å². The zero-order valence-corrected chi connectivity index (χ0v) is 21.0. The molecule has 0 saturated carbocycles. The Kier molecular flexibility index (Phi) is 7.06. The number of hydrogen-bond donors (Lipinski definition) is 2. The first-order valence-corrected chi connectivity index (χ1v) is 12.0. The van der Waals surface area contributed by atoms with Crippen LogP contribution in [0.5, 0.6) is 5.75 Å². The number of halogens is 2. The van der Waals surface area contributed by atoms with Gasteiger partial charge < -0.3 is 19.9 Å². The third-order valence-corrected chi connectivity index (χ3v) is 6.52. The molecule has 10 nitrogen and oxygen atoms in total. The number of benzene rings is 1. The molecule has 35 heavy (non-hydrogen) atoms. The Hall–Kier alpha value is -3.09. The molecule has 0 aliphatic carbocycles. The minimum absolute atomic E-state index is 0.0903. The van der Waals surface area contributed by atoms with Crippen molar-refractivity contribution in [3.8, 4) is 26.9 Å². The van der Waals surface area contributed by atoms with Crippen molar-refractivity contribution >= 4 is 35.0 Å². The van der Waals surface area contributed by atoms with E-state index < -0.39 is 23.7 Å². The zero-order chi connectivity index (χ0) is 25.3. The monoisotopic (exact) mass is 522 g/mol. The second kappa shape index (κ2) is 9.88. The van der Waals surface area contributed by atoms with Gasteiger partial charge in [0.1, 0.15) is 17.3 Å². The summed E-state index contributed by atoms with van der Waals surface area (Å²) in [5.41, 5.74) is 0.0345. The average molecular weight is 523 g/mol. The summed E-state index contributed by atoms with van der Waals surface area (Å²) < 4.78 is 26.0. The van der Waals surface area contributed by atoms with Gasteiger partial charge in [0.05, 0.1) is 17.7 Å². The van der Waals surface area contributed by atoms with Crippen molar-refractivity contribution in [1.82, 2.24) is 25.1 Å². The molecule has 2 N–H and O–H groups in total. The lowest BCUT2D eigenvalue weighted by Gasteiger charge is -2.30. The summed E-state index contributed by atoms with van der Waals surface area (Å²) in [5, 5.41) is 22.1. The lowest BCUT2D eigenvalue weighted by atomic mass is 10.2.